The molecule has 2 atom stereocenters. The molecule has 2 aromatic rings. The van der Waals surface area contributed by atoms with Crippen LogP contribution in [0.15, 0.2) is 24.3 Å². The number of amides is 1. The van der Waals surface area contributed by atoms with Gasteiger partial charge in [0.1, 0.15) is 0 Å². The summed E-state index contributed by atoms with van der Waals surface area (Å²) in [4.78, 5) is 23.3. The van der Waals surface area contributed by atoms with Gasteiger partial charge in [0.2, 0.25) is 0 Å². The molecular formula is C15H17N3O3. The first-order valence-electron chi connectivity index (χ1n) is 7.11. The molecule has 0 saturated heterocycles. The van der Waals surface area contributed by atoms with Gasteiger partial charge in [-0.05, 0) is 24.8 Å². The molecule has 21 heavy (non-hydrogen) atoms. The smallest absolute Gasteiger partial charge is 0.306 e. The Morgan fingerprint density at radius 3 is 2.95 bits per heavy atom. The molecule has 1 aliphatic rings. The number of carbonyl (C=O) groups excluding carboxylic acids is 1. The fourth-order valence-electron chi connectivity index (χ4n) is 3.05. The number of nitrogens with one attached hydrogen (secondary N) is 2. The van der Waals surface area contributed by atoms with Crippen LogP contribution in [0, 0.1) is 11.8 Å². The second-order valence-electron chi connectivity index (χ2n) is 5.46. The highest BCUT2D eigenvalue weighted by Gasteiger charge is 2.33. The van der Waals surface area contributed by atoms with Crippen molar-refractivity contribution in [2.75, 3.05) is 6.54 Å². The van der Waals surface area contributed by atoms with Crippen LogP contribution in [0.5, 0.6) is 0 Å². The normalized spacial score (nSPS) is 21.5. The topological polar surface area (TPSA) is 95.1 Å². The summed E-state index contributed by atoms with van der Waals surface area (Å²) in [5, 5.41) is 19.6. The van der Waals surface area contributed by atoms with E-state index in [-0.39, 0.29) is 17.7 Å². The number of para-hydroxylation sites is 1. The molecule has 1 heterocycles. The molecule has 1 aromatic heterocycles. The summed E-state index contributed by atoms with van der Waals surface area (Å²) >= 11 is 0. The molecule has 110 valence electrons. The SMILES string of the molecule is O=C(NCC1CCCC1C(=O)O)c1n[nH]c2ccccc12. The Hall–Kier alpha value is -2.37. The number of carbonyl (C=O) groups is 2. The second kappa shape index (κ2) is 5.55. The Morgan fingerprint density at radius 2 is 2.14 bits per heavy atom. The Labute approximate surface area is 121 Å². The van der Waals surface area contributed by atoms with Crippen molar-refractivity contribution in [3.63, 3.8) is 0 Å². The molecule has 0 aliphatic heterocycles. The molecule has 0 bridgehead atoms. The van der Waals surface area contributed by atoms with Crippen LogP contribution < -0.4 is 5.32 Å². The summed E-state index contributed by atoms with van der Waals surface area (Å²) in [7, 11) is 0. The minimum absolute atomic E-state index is 0.0108. The third-order valence-corrected chi connectivity index (χ3v) is 4.19. The first-order valence-corrected chi connectivity index (χ1v) is 7.11. The minimum atomic E-state index is -0.767. The third kappa shape index (κ3) is 2.61. The Balaban J connectivity index is 1.68. The van der Waals surface area contributed by atoms with E-state index in [4.69, 9.17) is 5.11 Å². The lowest BCUT2D eigenvalue weighted by Crippen LogP contribution is -2.33. The van der Waals surface area contributed by atoms with Crippen molar-refractivity contribution in [1.82, 2.24) is 15.5 Å². The van der Waals surface area contributed by atoms with Crippen LogP contribution in [-0.2, 0) is 4.79 Å². The number of carboxylic acids is 1. The molecule has 1 fully saturated rings. The van der Waals surface area contributed by atoms with E-state index in [1.807, 2.05) is 24.3 Å². The summed E-state index contributed by atoms with van der Waals surface area (Å²) in [6.45, 7) is 0.386. The second-order valence-corrected chi connectivity index (χ2v) is 5.46. The number of benzene rings is 1. The van der Waals surface area contributed by atoms with Crippen molar-refractivity contribution < 1.29 is 14.7 Å². The largest absolute Gasteiger partial charge is 0.481 e. The molecule has 6 heteroatoms. The van der Waals surface area contributed by atoms with Crippen molar-refractivity contribution in [3.8, 4) is 0 Å². The zero-order chi connectivity index (χ0) is 14.8. The molecule has 1 aromatic carbocycles. The van der Waals surface area contributed by atoms with Gasteiger partial charge < -0.3 is 10.4 Å². The van der Waals surface area contributed by atoms with E-state index in [2.05, 4.69) is 15.5 Å². The number of H-pyrrole nitrogens is 1. The van der Waals surface area contributed by atoms with Gasteiger partial charge in [-0.1, -0.05) is 24.6 Å². The van der Waals surface area contributed by atoms with Gasteiger partial charge in [0.05, 0.1) is 11.4 Å². The lowest BCUT2D eigenvalue weighted by Gasteiger charge is -2.15. The monoisotopic (exact) mass is 287 g/mol. The zero-order valence-electron chi connectivity index (χ0n) is 11.5. The molecule has 2 unspecified atom stereocenters. The fraction of sp³-hybridized carbons (Fsp3) is 0.400. The average molecular weight is 287 g/mol. The molecule has 0 spiro atoms. The van der Waals surface area contributed by atoms with Crippen LogP contribution >= 0.6 is 0 Å². The predicted molar refractivity (Wildman–Crippen MR) is 76.9 cm³/mol. The summed E-state index contributed by atoms with van der Waals surface area (Å²) in [5.74, 6) is -1.36. The highest BCUT2D eigenvalue weighted by molar-refractivity contribution is 6.04. The Kier molecular flexibility index (Phi) is 3.60. The molecule has 6 nitrogen and oxygen atoms in total. The molecular weight excluding hydrogens is 270 g/mol. The van der Waals surface area contributed by atoms with Crippen molar-refractivity contribution in [2.45, 2.75) is 19.3 Å². The number of hydrogen-bond donors (Lipinski definition) is 3. The van der Waals surface area contributed by atoms with E-state index in [9.17, 15) is 9.59 Å². The van der Waals surface area contributed by atoms with Gasteiger partial charge in [-0.2, -0.15) is 5.10 Å². The average Bonchev–Trinajstić information content (AvgIpc) is 3.11. The molecule has 0 radical (unpaired) electrons. The maximum Gasteiger partial charge on any atom is 0.306 e. The van der Waals surface area contributed by atoms with Gasteiger partial charge in [-0.15, -0.1) is 0 Å². The maximum atomic E-state index is 12.2. The number of hydrogen-bond acceptors (Lipinski definition) is 3. The van der Waals surface area contributed by atoms with Crippen molar-refractivity contribution in [2.24, 2.45) is 11.8 Å². The van der Waals surface area contributed by atoms with Crippen LogP contribution in [0.25, 0.3) is 10.9 Å². The summed E-state index contributed by atoms with van der Waals surface area (Å²) in [5.41, 5.74) is 1.17. The third-order valence-electron chi connectivity index (χ3n) is 4.19. The number of nitrogens with zero attached hydrogens (tertiary/aromatic N) is 1. The van der Waals surface area contributed by atoms with Gasteiger partial charge >= 0.3 is 5.97 Å². The zero-order valence-corrected chi connectivity index (χ0v) is 11.5. The van der Waals surface area contributed by atoms with Crippen LogP contribution in [0.4, 0.5) is 0 Å². The molecule has 3 N–H and O–H groups in total. The molecule has 1 aliphatic carbocycles. The maximum absolute atomic E-state index is 12.2. The predicted octanol–water partition coefficient (Wildman–Crippen LogP) is 1.79. The molecule has 3 rings (SSSR count). The lowest BCUT2D eigenvalue weighted by molar-refractivity contribution is -0.142. The minimum Gasteiger partial charge on any atom is -0.481 e. The van der Waals surface area contributed by atoms with Crippen molar-refractivity contribution in [3.05, 3.63) is 30.0 Å². The van der Waals surface area contributed by atoms with Crippen molar-refractivity contribution >= 4 is 22.8 Å². The quantitative estimate of drug-likeness (QED) is 0.799. The summed E-state index contributed by atoms with van der Waals surface area (Å²) < 4.78 is 0. The first kappa shape index (κ1) is 13.6. The number of fused-ring (bicyclic) bond motifs is 1. The number of aromatic nitrogens is 2. The van der Waals surface area contributed by atoms with Crippen molar-refractivity contribution in [1.29, 1.82) is 0 Å². The Morgan fingerprint density at radius 1 is 1.33 bits per heavy atom. The first-order chi connectivity index (χ1) is 10.2. The Bertz CT molecular complexity index is 680. The van der Waals surface area contributed by atoms with Gasteiger partial charge in [-0.3, -0.25) is 14.7 Å². The van der Waals surface area contributed by atoms with Gasteiger partial charge in [0.15, 0.2) is 5.69 Å². The number of aliphatic carboxylic acids is 1. The van der Waals surface area contributed by atoms with Gasteiger partial charge in [0, 0.05) is 11.9 Å². The number of carboxylic acid groups (broad SMARTS) is 1. The van der Waals surface area contributed by atoms with Crippen LogP contribution in [0.1, 0.15) is 29.8 Å². The van der Waals surface area contributed by atoms with Crippen LogP contribution in [-0.4, -0.2) is 33.7 Å². The standard InChI is InChI=1S/C15H17N3O3/c19-14(13-11-5-1-2-7-12(11)17-18-13)16-8-9-4-3-6-10(9)15(20)21/h1-2,5,7,9-10H,3-4,6,8H2,(H,16,19)(H,17,18)(H,20,21). The van der Waals surface area contributed by atoms with Crippen LogP contribution in [0.2, 0.25) is 0 Å². The molecule has 1 amide bonds. The van der Waals surface area contributed by atoms with E-state index in [0.29, 0.717) is 18.7 Å². The summed E-state index contributed by atoms with van der Waals surface area (Å²) in [6.07, 6.45) is 2.45. The van der Waals surface area contributed by atoms with E-state index in [1.165, 1.54) is 0 Å². The highest BCUT2D eigenvalue weighted by atomic mass is 16.4. The lowest BCUT2D eigenvalue weighted by atomic mass is 9.96. The van der Waals surface area contributed by atoms with E-state index < -0.39 is 5.97 Å². The van der Waals surface area contributed by atoms with E-state index >= 15 is 0 Å². The number of rotatable bonds is 4. The highest BCUT2D eigenvalue weighted by Crippen LogP contribution is 2.31. The van der Waals surface area contributed by atoms with E-state index in [0.717, 1.165) is 23.7 Å². The number of aromatic amines is 1. The van der Waals surface area contributed by atoms with Gasteiger partial charge in [0.25, 0.3) is 5.91 Å². The van der Waals surface area contributed by atoms with Crippen LogP contribution in [0.3, 0.4) is 0 Å². The fourth-order valence-corrected chi connectivity index (χ4v) is 3.05. The summed E-state index contributed by atoms with van der Waals surface area (Å²) in [6, 6.07) is 7.42. The van der Waals surface area contributed by atoms with Gasteiger partial charge in [-0.25, -0.2) is 0 Å². The molecule has 1 saturated carbocycles. The van der Waals surface area contributed by atoms with E-state index in [1.54, 1.807) is 0 Å².